The molecule has 0 aromatic carbocycles. The van der Waals surface area contributed by atoms with Crippen molar-refractivity contribution in [3.63, 3.8) is 0 Å². The molecule has 1 nitrogen and oxygen atoms in total. The van der Waals surface area contributed by atoms with E-state index >= 15 is 0 Å². The van der Waals surface area contributed by atoms with Crippen molar-refractivity contribution in [1.82, 2.24) is 4.98 Å². The second-order valence-electron chi connectivity index (χ2n) is 2.47. The van der Waals surface area contributed by atoms with Gasteiger partial charge >= 0.3 is 0 Å². The van der Waals surface area contributed by atoms with E-state index in [1.165, 1.54) is 25.1 Å². The molecule has 9 heavy (non-hydrogen) atoms. The van der Waals surface area contributed by atoms with Crippen molar-refractivity contribution in [2.45, 2.75) is 39.3 Å². The van der Waals surface area contributed by atoms with Gasteiger partial charge in [-0.3, -0.25) is 0 Å². The lowest BCUT2D eigenvalue weighted by Gasteiger charge is -2.10. The highest BCUT2D eigenvalue weighted by Gasteiger charge is 2.01. The molecule has 0 fully saturated rings. The zero-order chi connectivity index (χ0) is 7.11. The quantitative estimate of drug-likeness (QED) is 0.581. The van der Waals surface area contributed by atoms with Gasteiger partial charge < -0.3 is 4.98 Å². The molecule has 0 bridgehead atoms. The second-order valence-corrected chi connectivity index (χ2v) is 5.90. The Bertz CT molecular complexity index is 52.9. The van der Waals surface area contributed by atoms with E-state index < -0.39 is 8.96 Å². The van der Waals surface area contributed by atoms with Crippen LogP contribution >= 0.6 is 0 Å². The summed E-state index contributed by atoms with van der Waals surface area (Å²) in [5, 5.41) is 0. The summed E-state index contributed by atoms with van der Waals surface area (Å²) in [6.07, 6.45) is 1.28. The predicted molar refractivity (Wildman–Crippen MR) is 46.4 cm³/mol. The zero-order valence-electron chi connectivity index (χ0n) is 6.91. The lowest BCUT2D eigenvalue weighted by Crippen LogP contribution is -2.32. The van der Waals surface area contributed by atoms with Gasteiger partial charge in [-0.25, -0.2) is 0 Å². The Hall–Kier alpha value is 0.177. The van der Waals surface area contributed by atoms with Crippen LogP contribution in [0.1, 0.15) is 27.2 Å². The molecule has 0 amide bonds. The van der Waals surface area contributed by atoms with Crippen LogP contribution in [0.5, 0.6) is 0 Å². The van der Waals surface area contributed by atoms with Gasteiger partial charge in [-0.1, -0.05) is 20.8 Å². The molecule has 0 saturated carbocycles. The molecule has 0 aliphatic heterocycles. The van der Waals surface area contributed by atoms with Crippen LogP contribution in [0.2, 0.25) is 12.1 Å². The zero-order valence-corrected chi connectivity index (χ0v) is 8.06. The van der Waals surface area contributed by atoms with Gasteiger partial charge in [-0.05, 0) is 25.1 Å². The van der Waals surface area contributed by atoms with Crippen molar-refractivity contribution in [1.29, 1.82) is 0 Å². The summed E-state index contributed by atoms with van der Waals surface area (Å²) in [5.74, 6) is 0. The first-order chi connectivity index (χ1) is 4.35. The molecule has 0 aromatic rings. The maximum Gasteiger partial charge on any atom is 0.108 e. The summed E-state index contributed by atoms with van der Waals surface area (Å²) in [4.78, 5) is 3.61. The topological polar surface area (TPSA) is 12.0 Å². The van der Waals surface area contributed by atoms with E-state index in [9.17, 15) is 0 Å². The van der Waals surface area contributed by atoms with Crippen molar-refractivity contribution in [3.8, 4) is 0 Å². The Kier molecular flexibility index (Phi) is 6.42. The van der Waals surface area contributed by atoms with E-state index in [2.05, 4.69) is 25.8 Å². The van der Waals surface area contributed by atoms with E-state index in [4.69, 9.17) is 0 Å². The van der Waals surface area contributed by atoms with Gasteiger partial charge in [0.1, 0.15) is 8.96 Å². The van der Waals surface area contributed by atoms with E-state index in [0.29, 0.717) is 0 Å². The molecular weight excluding hydrogens is 126 g/mol. The molecular formula is C7H19NSi. The summed E-state index contributed by atoms with van der Waals surface area (Å²) in [6, 6.07) is 2.80. The lowest BCUT2D eigenvalue weighted by atomic mass is 10.5. The first kappa shape index (κ1) is 9.18. The van der Waals surface area contributed by atoms with Gasteiger partial charge in [-0.2, -0.15) is 0 Å². The molecule has 0 aliphatic rings. The smallest absolute Gasteiger partial charge is 0.108 e. The van der Waals surface area contributed by atoms with Gasteiger partial charge in [0.05, 0.1) is 0 Å². The number of hydrogen-bond donors (Lipinski definition) is 1. The maximum atomic E-state index is 3.61. The maximum absolute atomic E-state index is 3.61. The van der Waals surface area contributed by atoms with Crippen LogP contribution in [0.4, 0.5) is 0 Å². The summed E-state index contributed by atoms with van der Waals surface area (Å²) in [5.41, 5.74) is 0. The average Bonchev–Trinajstić information content (AvgIpc) is 1.91. The first-order valence-corrected chi connectivity index (χ1v) is 6.29. The Morgan fingerprint density at radius 2 is 1.67 bits per heavy atom. The first-order valence-electron chi connectivity index (χ1n) is 4.08. The molecule has 0 saturated heterocycles. The highest BCUT2D eigenvalue weighted by Crippen LogP contribution is 1.92. The largest absolute Gasteiger partial charge is 0.339 e. The Morgan fingerprint density at radius 3 is 2.00 bits per heavy atom. The summed E-state index contributed by atoms with van der Waals surface area (Å²) in [7, 11) is -0.460. The number of nitrogens with one attached hydrogen (secondary N) is 1. The molecule has 0 heterocycles. The van der Waals surface area contributed by atoms with Crippen LogP contribution in [0.25, 0.3) is 0 Å². The van der Waals surface area contributed by atoms with E-state index in [1.54, 1.807) is 0 Å². The normalized spacial score (nSPS) is 10.7. The average molecular weight is 145 g/mol. The molecule has 0 aromatic heterocycles. The van der Waals surface area contributed by atoms with Gasteiger partial charge in [0.15, 0.2) is 0 Å². The molecule has 2 heteroatoms. The Morgan fingerprint density at radius 1 is 1.11 bits per heavy atom. The highest BCUT2D eigenvalue weighted by molar-refractivity contribution is 6.55. The third-order valence-corrected chi connectivity index (χ3v) is 4.51. The predicted octanol–water partition coefficient (Wildman–Crippen LogP) is 1.75. The standard InChI is InChI=1S/C7H19NSi/c1-4-7-8-9(5-2)6-3/h8-9H,4-7H2,1-3H3. The molecule has 0 spiro atoms. The van der Waals surface area contributed by atoms with Crippen molar-refractivity contribution in [3.05, 3.63) is 0 Å². The van der Waals surface area contributed by atoms with Crippen LogP contribution in [0.15, 0.2) is 0 Å². The van der Waals surface area contributed by atoms with E-state index in [-0.39, 0.29) is 0 Å². The Labute approximate surface area is 60.5 Å². The van der Waals surface area contributed by atoms with E-state index in [0.717, 1.165) is 0 Å². The van der Waals surface area contributed by atoms with Crippen molar-refractivity contribution >= 4 is 8.96 Å². The fourth-order valence-corrected chi connectivity index (χ4v) is 2.78. The van der Waals surface area contributed by atoms with Crippen molar-refractivity contribution < 1.29 is 0 Å². The van der Waals surface area contributed by atoms with Crippen LogP contribution in [0.3, 0.4) is 0 Å². The molecule has 0 radical (unpaired) electrons. The minimum atomic E-state index is -0.460. The van der Waals surface area contributed by atoms with Crippen LogP contribution in [-0.2, 0) is 0 Å². The van der Waals surface area contributed by atoms with E-state index in [1.807, 2.05) is 0 Å². The van der Waals surface area contributed by atoms with Gasteiger partial charge in [-0.15, -0.1) is 0 Å². The van der Waals surface area contributed by atoms with Crippen LogP contribution < -0.4 is 4.98 Å². The summed E-state index contributed by atoms with van der Waals surface area (Å²) >= 11 is 0. The van der Waals surface area contributed by atoms with Gasteiger partial charge in [0.2, 0.25) is 0 Å². The molecule has 1 N–H and O–H groups in total. The SMILES string of the molecule is CCCN[SiH](CC)CC. The van der Waals surface area contributed by atoms with Crippen molar-refractivity contribution in [2.24, 2.45) is 0 Å². The fourth-order valence-electron chi connectivity index (χ4n) is 0.926. The minimum absolute atomic E-state index is 0.460. The van der Waals surface area contributed by atoms with Crippen LogP contribution in [-0.4, -0.2) is 15.5 Å². The fraction of sp³-hybridized carbons (Fsp3) is 1.00. The summed E-state index contributed by atoms with van der Waals surface area (Å²) < 4.78 is 0. The highest BCUT2D eigenvalue weighted by atomic mass is 28.3. The molecule has 0 aliphatic carbocycles. The second kappa shape index (κ2) is 6.30. The van der Waals surface area contributed by atoms with Gasteiger partial charge in [0, 0.05) is 0 Å². The third kappa shape index (κ3) is 4.67. The number of hydrogen-bond acceptors (Lipinski definition) is 1. The Balaban J connectivity index is 3.09. The summed E-state index contributed by atoms with van der Waals surface area (Å²) in [6.45, 7) is 8.05. The lowest BCUT2D eigenvalue weighted by molar-refractivity contribution is 0.841. The van der Waals surface area contributed by atoms with Gasteiger partial charge in [0.25, 0.3) is 0 Å². The minimum Gasteiger partial charge on any atom is -0.339 e. The number of rotatable bonds is 5. The molecule has 56 valence electrons. The molecule has 0 unspecified atom stereocenters. The van der Waals surface area contributed by atoms with Crippen LogP contribution in [0, 0.1) is 0 Å². The molecule has 0 atom stereocenters. The third-order valence-electron chi connectivity index (χ3n) is 1.67. The van der Waals surface area contributed by atoms with Crippen molar-refractivity contribution in [2.75, 3.05) is 6.54 Å². The molecule has 0 rings (SSSR count). The monoisotopic (exact) mass is 145 g/mol.